The van der Waals surface area contributed by atoms with Gasteiger partial charge in [-0.15, -0.1) is 11.3 Å². The number of fused-ring (bicyclic) bond motifs is 12. The second-order valence-corrected chi connectivity index (χ2v) is 15.4. The van der Waals surface area contributed by atoms with E-state index in [1.54, 1.807) is 0 Å². The monoisotopic (exact) mass is 731 g/mol. The molecule has 0 amide bonds. The predicted molar refractivity (Wildman–Crippen MR) is 234 cm³/mol. The lowest BCUT2D eigenvalue weighted by Gasteiger charge is -2.12. The molecule has 0 saturated heterocycles. The van der Waals surface area contributed by atoms with Crippen molar-refractivity contribution in [3.8, 4) is 45.3 Å². The van der Waals surface area contributed by atoms with Crippen LogP contribution in [0.5, 0.6) is 0 Å². The molecule has 5 heteroatoms. The second kappa shape index (κ2) is 12.2. The van der Waals surface area contributed by atoms with Crippen LogP contribution in [-0.2, 0) is 0 Å². The Labute approximate surface area is 325 Å². The van der Waals surface area contributed by atoms with E-state index in [9.17, 15) is 0 Å². The van der Waals surface area contributed by atoms with Crippen LogP contribution in [0.25, 0.3) is 120 Å². The van der Waals surface area contributed by atoms with Crippen molar-refractivity contribution in [1.29, 1.82) is 0 Å². The first kappa shape index (κ1) is 31.2. The summed E-state index contributed by atoms with van der Waals surface area (Å²) in [5.41, 5.74) is 6.87. The Balaban J connectivity index is 1.01. The number of benzene rings is 9. The summed E-state index contributed by atoms with van der Waals surface area (Å²) in [4.78, 5) is 15.2. The summed E-state index contributed by atoms with van der Waals surface area (Å²) in [6.45, 7) is 0. The molecule has 0 aliphatic rings. The van der Waals surface area contributed by atoms with Gasteiger partial charge in [0.25, 0.3) is 0 Å². The molecule has 0 bridgehead atoms. The zero-order valence-corrected chi connectivity index (χ0v) is 30.7. The third-order valence-electron chi connectivity index (χ3n) is 11.1. The van der Waals surface area contributed by atoms with Gasteiger partial charge in [-0.25, -0.2) is 15.0 Å². The maximum Gasteiger partial charge on any atom is 0.164 e. The zero-order chi connectivity index (χ0) is 36.7. The van der Waals surface area contributed by atoms with Crippen LogP contribution in [0.4, 0.5) is 0 Å². The quantitative estimate of drug-likeness (QED) is 0.169. The summed E-state index contributed by atoms with van der Waals surface area (Å²) >= 11 is 1.81. The number of rotatable bonds is 4. The number of aromatic nitrogens is 3. The number of hydrogen-bond acceptors (Lipinski definition) is 5. The van der Waals surface area contributed by atoms with Gasteiger partial charge in [-0.1, -0.05) is 140 Å². The summed E-state index contributed by atoms with van der Waals surface area (Å²) in [5.74, 6) is 1.86. The molecule has 9 aromatic carbocycles. The van der Waals surface area contributed by atoms with Crippen LogP contribution in [0.1, 0.15) is 0 Å². The largest absolute Gasteiger partial charge is 0.456 e. The van der Waals surface area contributed by atoms with Crippen LogP contribution in [0.3, 0.4) is 0 Å². The molecule has 3 heterocycles. The van der Waals surface area contributed by atoms with Crippen LogP contribution in [-0.4, -0.2) is 15.0 Å². The first-order chi connectivity index (χ1) is 27.7. The molecule has 3 aromatic heterocycles. The molecule has 56 heavy (non-hydrogen) atoms. The highest BCUT2D eigenvalue weighted by Crippen LogP contribution is 2.43. The van der Waals surface area contributed by atoms with Crippen molar-refractivity contribution < 1.29 is 4.42 Å². The summed E-state index contributed by atoms with van der Waals surface area (Å²) in [5, 5.41) is 12.3. The highest BCUT2D eigenvalue weighted by Gasteiger charge is 2.18. The van der Waals surface area contributed by atoms with Gasteiger partial charge in [0.05, 0.1) is 0 Å². The van der Waals surface area contributed by atoms with Crippen LogP contribution < -0.4 is 0 Å². The smallest absolute Gasteiger partial charge is 0.164 e. The minimum Gasteiger partial charge on any atom is -0.456 e. The molecule has 0 atom stereocenters. The molecule has 0 saturated carbocycles. The Bertz CT molecular complexity index is 3510. The van der Waals surface area contributed by atoms with E-state index >= 15 is 0 Å². The number of nitrogens with zero attached hydrogens (tertiary/aromatic N) is 3. The summed E-state index contributed by atoms with van der Waals surface area (Å²) in [6.07, 6.45) is 0. The zero-order valence-electron chi connectivity index (χ0n) is 29.9. The molecule has 4 nitrogen and oxygen atoms in total. The van der Waals surface area contributed by atoms with Crippen molar-refractivity contribution in [2.75, 3.05) is 0 Å². The van der Waals surface area contributed by atoms with Crippen molar-refractivity contribution in [3.63, 3.8) is 0 Å². The van der Waals surface area contributed by atoms with Gasteiger partial charge in [0, 0.05) is 47.6 Å². The van der Waals surface area contributed by atoms with Gasteiger partial charge >= 0.3 is 0 Å². The normalized spacial score (nSPS) is 11.9. The molecule has 0 aliphatic carbocycles. The molecule has 0 unspecified atom stereocenters. The molecule has 0 radical (unpaired) electrons. The Morgan fingerprint density at radius 3 is 1.59 bits per heavy atom. The Hall–Kier alpha value is -7.21. The average molecular weight is 732 g/mol. The van der Waals surface area contributed by atoms with E-state index < -0.39 is 0 Å². The molecule has 0 spiro atoms. The summed E-state index contributed by atoms with van der Waals surface area (Å²) in [7, 11) is 0. The highest BCUT2D eigenvalue weighted by atomic mass is 32.1. The fourth-order valence-electron chi connectivity index (χ4n) is 8.50. The lowest BCUT2D eigenvalue weighted by Crippen LogP contribution is -2.00. The van der Waals surface area contributed by atoms with Crippen molar-refractivity contribution in [2.45, 2.75) is 0 Å². The molecular weight excluding hydrogens is 703 g/mol. The number of hydrogen-bond donors (Lipinski definition) is 0. The average Bonchev–Trinajstić information content (AvgIpc) is 3.84. The van der Waals surface area contributed by atoms with Crippen LogP contribution in [0, 0.1) is 0 Å². The van der Waals surface area contributed by atoms with Gasteiger partial charge in [-0.2, -0.15) is 0 Å². The molecule has 260 valence electrons. The molecule has 0 aliphatic heterocycles. The standard InChI is InChI=1S/C51H29N3OS/c1-2-11-30(12-3-1)49-52-50(32-22-25-41-40-17-8-9-19-44(40)55-45(41)28-32)54-51(53-49)33-23-26-42-47(29-33)56-46-20-10-18-34(48(42)46)31-21-24-39-37-15-5-4-13-35(37)36-14-6-7-16-38(36)43(39)27-31/h1-29H. The van der Waals surface area contributed by atoms with Gasteiger partial charge in [0.2, 0.25) is 0 Å². The van der Waals surface area contributed by atoms with E-state index in [0.29, 0.717) is 17.5 Å². The van der Waals surface area contributed by atoms with Gasteiger partial charge in [0.15, 0.2) is 17.5 Å². The molecule has 12 rings (SSSR count). The first-order valence-electron chi connectivity index (χ1n) is 18.8. The van der Waals surface area contributed by atoms with Crippen molar-refractivity contribution in [2.24, 2.45) is 0 Å². The Kier molecular flexibility index (Phi) is 6.76. The van der Waals surface area contributed by atoms with E-state index in [4.69, 9.17) is 19.4 Å². The third-order valence-corrected chi connectivity index (χ3v) is 12.2. The summed E-state index contributed by atoms with van der Waals surface area (Å²) < 4.78 is 8.69. The Morgan fingerprint density at radius 2 is 0.857 bits per heavy atom. The minimum absolute atomic E-state index is 0.603. The topological polar surface area (TPSA) is 51.8 Å². The van der Waals surface area contributed by atoms with Crippen molar-refractivity contribution in [3.05, 3.63) is 176 Å². The third kappa shape index (κ3) is 4.81. The lowest BCUT2D eigenvalue weighted by molar-refractivity contribution is 0.669. The first-order valence-corrected chi connectivity index (χ1v) is 19.6. The van der Waals surface area contributed by atoms with E-state index in [1.807, 2.05) is 65.9 Å². The van der Waals surface area contributed by atoms with E-state index in [-0.39, 0.29) is 0 Å². The van der Waals surface area contributed by atoms with E-state index in [1.165, 1.54) is 63.6 Å². The van der Waals surface area contributed by atoms with E-state index in [2.05, 4.69) is 121 Å². The number of thiophene rings is 1. The molecule has 0 N–H and O–H groups in total. The fourth-order valence-corrected chi connectivity index (χ4v) is 9.67. The van der Waals surface area contributed by atoms with Crippen LogP contribution >= 0.6 is 11.3 Å². The van der Waals surface area contributed by atoms with Crippen molar-refractivity contribution in [1.82, 2.24) is 15.0 Å². The number of furan rings is 1. The van der Waals surface area contributed by atoms with Gasteiger partial charge in [0.1, 0.15) is 11.2 Å². The predicted octanol–water partition coefficient (Wildman–Crippen LogP) is 14.3. The Morgan fingerprint density at radius 1 is 0.321 bits per heavy atom. The van der Waals surface area contributed by atoms with Gasteiger partial charge in [-0.05, 0) is 79.8 Å². The highest BCUT2D eigenvalue weighted by molar-refractivity contribution is 7.26. The van der Waals surface area contributed by atoms with Gasteiger partial charge < -0.3 is 4.42 Å². The second-order valence-electron chi connectivity index (χ2n) is 14.3. The number of para-hydroxylation sites is 1. The molecular formula is C51H29N3OS. The molecule has 0 fully saturated rings. The summed E-state index contributed by atoms with van der Waals surface area (Å²) in [6, 6.07) is 62.3. The van der Waals surface area contributed by atoms with Gasteiger partial charge in [-0.3, -0.25) is 0 Å². The fraction of sp³-hybridized carbons (Fsp3) is 0. The SMILES string of the molecule is c1ccc(-c2nc(-c3ccc4c(c3)oc3ccccc34)nc(-c3ccc4c(c3)sc3cccc(-c5ccc6c7ccccc7c7ccccc7c6c5)c34)n2)cc1. The van der Waals surface area contributed by atoms with Crippen LogP contribution in [0.2, 0.25) is 0 Å². The molecule has 12 aromatic rings. The maximum absolute atomic E-state index is 6.25. The maximum atomic E-state index is 6.25. The lowest BCUT2D eigenvalue weighted by atomic mass is 9.91. The minimum atomic E-state index is 0.603. The van der Waals surface area contributed by atoms with Crippen LogP contribution in [0.15, 0.2) is 180 Å². The van der Waals surface area contributed by atoms with E-state index in [0.717, 1.165) is 38.6 Å². The van der Waals surface area contributed by atoms with Crippen molar-refractivity contribution >= 4 is 85.8 Å².